The molecule has 6 nitrogen and oxygen atoms in total. The fraction of sp³-hybridized carbons (Fsp3) is 0.603. The second-order valence-electron chi connectivity index (χ2n) is 17.7. The number of carbonyl (C=O) groups is 3. The fourth-order valence-electron chi connectivity index (χ4n) is 7.02. The van der Waals surface area contributed by atoms with Crippen LogP contribution in [0.1, 0.15) is 226 Å². The van der Waals surface area contributed by atoms with Crippen LogP contribution in [0, 0.1) is 0 Å². The van der Waals surface area contributed by atoms with Gasteiger partial charge in [-0.3, -0.25) is 14.4 Å². The molecule has 0 rings (SSSR count). The molecule has 1 atom stereocenters. The van der Waals surface area contributed by atoms with E-state index in [1.54, 1.807) is 0 Å². The van der Waals surface area contributed by atoms with Crippen molar-refractivity contribution < 1.29 is 28.6 Å². The second-order valence-corrected chi connectivity index (χ2v) is 17.7. The van der Waals surface area contributed by atoms with Crippen LogP contribution in [0.3, 0.4) is 0 Å². The Kier molecular flexibility index (Phi) is 52.5. The van der Waals surface area contributed by atoms with Crippen molar-refractivity contribution in [3.8, 4) is 0 Å². The van der Waals surface area contributed by atoms with E-state index < -0.39 is 6.10 Å². The van der Waals surface area contributed by atoms with Gasteiger partial charge >= 0.3 is 17.9 Å². The summed E-state index contributed by atoms with van der Waals surface area (Å²) in [7, 11) is 0. The van der Waals surface area contributed by atoms with Crippen LogP contribution in [0.5, 0.6) is 0 Å². The summed E-state index contributed by atoms with van der Waals surface area (Å²) >= 11 is 0. The molecule has 0 aromatic heterocycles. The number of rotatable bonds is 48. The average molecular weight is 953 g/mol. The normalized spacial score (nSPS) is 13.1. The Bertz CT molecular complexity index is 1510. The van der Waals surface area contributed by atoms with E-state index in [2.05, 4.69) is 154 Å². The molecule has 0 aliphatic carbocycles. The predicted octanol–water partition coefficient (Wildman–Crippen LogP) is 18.6. The summed E-state index contributed by atoms with van der Waals surface area (Å²) in [5.74, 6) is -0.987. The molecular weight excluding hydrogens is 853 g/mol. The first-order valence-electron chi connectivity index (χ1n) is 27.7. The molecule has 0 fully saturated rings. The largest absolute Gasteiger partial charge is 0.462 e. The molecule has 0 N–H and O–H groups in total. The first-order chi connectivity index (χ1) is 34.0. The van der Waals surface area contributed by atoms with Gasteiger partial charge in [0.05, 0.1) is 0 Å². The van der Waals surface area contributed by atoms with E-state index in [9.17, 15) is 14.4 Å². The zero-order valence-corrected chi connectivity index (χ0v) is 44.3. The molecule has 0 bridgehead atoms. The molecule has 0 unspecified atom stereocenters. The lowest BCUT2D eigenvalue weighted by molar-refractivity contribution is -0.167. The van der Waals surface area contributed by atoms with Crippen LogP contribution in [-0.4, -0.2) is 37.2 Å². The minimum Gasteiger partial charge on any atom is -0.462 e. The van der Waals surface area contributed by atoms with E-state index in [1.807, 2.05) is 0 Å². The van der Waals surface area contributed by atoms with Gasteiger partial charge in [-0.25, -0.2) is 0 Å². The van der Waals surface area contributed by atoms with Gasteiger partial charge < -0.3 is 14.2 Å². The van der Waals surface area contributed by atoms with Crippen molar-refractivity contribution in [2.75, 3.05) is 13.2 Å². The first-order valence-corrected chi connectivity index (χ1v) is 27.7. The van der Waals surface area contributed by atoms with Gasteiger partial charge in [0.2, 0.25) is 0 Å². The van der Waals surface area contributed by atoms with Crippen LogP contribution in [0.15, 0.2) is 134 Å². The molecule has 388 valence electrons. The Morgan fingerprint density at radius 1 is 0.304 bits per heavy atom. The maximum Gasteiger partial charge on any atom is 0.306 e. The SMILES string of the molecule is CC/C=C\C/C=C\C/C=C\C/C=C\C/C=C\CCCCCC(=O)O[C@H](COC(=O)CCCCCC/C=C\C/C=C\C/C=C\C/C=C\CC)COC(=O)CCCCCCC/C=C\C/C=C\CCCCC. The predicted molar refractivity (Wildman–Crippen MR) is 297 cm³/mol. The van der Waals surface area contributed by atoms with E-state index in [1.165, 1.54) is 25.7 Å². The summed E-state index contributed by atoms with van der Waals surface area (Å²) in [6.45, 7) is 6.31. The van der Waals surface area contributed by atoms with Crippen molar-refractivity contribution in [2.24, 2.45) is 0 Å². The van der Waals surface area contributed by atoms with Crippen LogP contribution >= 0.6 is 0 Å². The van der Waals surface area contributed by atoms with Gasteiger partial charge in [0, 0.05) is 19.3 Å². The van der Waals surface area contributed by atoms with Crippen LogP contribution in [0.2, 0.25) is 0 Å². The molecule has 0 aromatic carbocycles. The van der Waals surface area contributed by atoms with Crippen molar-refractivity contribution in [2.45, 2.75) is 232 Å². The molecule has 0 aromatic rings. The molecule has 0 heterocycles. The molecular formula is C63H100O6. The van der Waals surface area contributed by atoms with Crippen molar-refractivity contribution in [1.29, 1.82) is 0 Å². The van der Waals surface area contributed by atoms with Crippen LogP contribution in [-0.2, 0) is 28.6 Å². The zero-order chi connectivity index (χ0) is 50.0. The summed E-state index contributed by atoms with van der Waals surface area (Å²) < 4.78 is 16.8. The van der Waals surface area contributed by atoms with E-state index in [-0.39, 0.29) is 37.5 Å². The highest BCUT2D eigenvalue weighted by atomic mass is 16.6. The Morgan fingerprint density at radius 2 is 0.565 bits per heavy atom. The Balaban J connectivity index is 4.55. The van der Waals surface area contributed by atoms with Gasteiger partial charge in [-0.2, -0.15) is 0 Å². The molecule has 0 amide bonds. The third-order valence-corrected chi connectivity index (χ3v) is 11.1. The van der Waals surface area contributed by atoms with Crippen molar-refractivity contribution >= 4 is 17.9 Å². The van der Waals surface area contributed by atoms with Crippen molar-refractivity contribution in [3.63, 3.8) is 0 Å². The van der Waals surface area contributed by atoms with Crippen LogP contribution in [0.25, 0.3) is 0 Å². The van der Waals surface area contributed by atoms with E-state index >= 15 is 0 Å². The number of hydrogen-bond donors (Lipinski definition) is 0. The first kappa shape index (κ1) is 64.5. The lowest BCUT2D eigenvalue weighted by Crippen LogP contribution is -2.30. The zero-order valence-electron chi connectivity index (χ0n) is 44.3. The lowest BCUT2D eigenvalue weighted by Gasteiger charge is -2.18. The van der Waals surface area contributed by atoms with Gasteiger partial charge in [-0.05, 0) is 135 Å². The lowest BCUT2D eigenvalue weighted by atomic mass is 10.1. The van der Waals surface area contributed by atoms with Gasteiger partial charge in [0.25, 0.3) is 0 Å². The Labute approximate surface area is 424 Å². The minimum absolute atomic E-state index is 0.112. The molecule has 0 saturated heterocycles. The molecule has 0 aliphatic rings. The van der Waals surface area contributed by atoms with E-state index in [0.717, 1.165) is 154 Å². The number of allylic oxidation sites excluding steroid dienone is 22. The van der Waals surface area contributed by atoms with Gasteiger partial charge in [0.1, 0.15) is 13.2 Å². The molecule has 0 saturated carbocycles. The van der Waals surface area contributed by atoms with E-state index in [0.29, 0.717) is 19.3 Å². The summed E-state index contributed by atoms with van der Waals surface area (Å²) in [6, 6.07) is 0. The van der Waals surface area contributed by atoms with Crippen LogP contribution < -0.4 is 0 Å². The molecule has 6 heteroatoms. The maximum atomic E-state index is 12.8. The highest BCUT2D eigenvalue weighted by Gasteiger charge is 2.19. The monoisotopic (exact) mass is 953 g/mol. The molecule has 0 spiro atoms. The maximum absolute atomic E-state index is 12.8. The van der Waals surface area contributed by atoms with Gasteiger partial charge in [0.15, 0.2) is 6.10 Å². The second kappa shape index (κ2) is 56.1. The highest BCUT2D eigenvalue weighted by molar-refractivity contribution is 5.71. The van der Waals surface area contributed by atoms with Crippen LogP contribution in [0.4, 0.5) is 0 Å². The number of unbranched alkanes of at least 4 members (excludes halogenated alkanes) is 15. The number of esters is 3. The number of carbonyl (C=O) groups excluding carboxylic acids is 3. The third-order valence-electron chi connectivity index (χ3n) is 11.1. The summed E-state index contributed by atoms with van der Waals surface area (Å²) in [5, 5.41) is 0. The highest BCUT2D eigenvalue weighted by Crippen LogP contribution is 2.12. The fourth-order valence-corrected chi connectivity index (χ4v) is 7.02. The topological polar surface area (TPSA) is 78.9 Å². The minimum atomic E-state index is -0.817. The summed E-state index contributed by atoms with van der Waals surface area (Å²) in [5.41, 5.74) is 0. The smallest absolute Gasteiger partial charge is 0.306 e. The van der Waals surface area contributed by atoms with Crippen molar-refractivity contribution in [3.05, 3.63) is 134 Å². The molecule has 0 radical (unpaired) electrons. The quantitative estimate of drug-likeness (QED) is 0.0262. The Morgan fingerprint density at radius 3 is 0.899 bits per heavy atom. The summed E-state index contributed by atoms with van der Waals surface area (Å²) in [6.07, 6.45) is 78.6. The molecule has 0 aliphatic heterocycles. The average Bonchev–Trinajstić information content (AvgIpc) is 3.35. The number of hydrogen-bond acceptors (Lipinski definition) is 6. The van der Waals surface area contributed by atoms with Gasteiger partial charge in [-0.15, -0.1) is 0 Å². The summed E-state index contributed by atoms with van der Waals surface area (Å²) in [4.78, 5) is 38.1. The Hall–Kier alpha value is -4.45. The standard InChI is InChI=1S/C63H100O6/c1-4-7-10-13-16-19-22-25-28-30-31-33-36-39-42-45-48-51-54-57-63(66)69-60(58-67-61(64)55-52-49-46-43-40-37-34-27-24-21-18-15-12-9-6-3)59-68-62(65)56-53-50-47-44-41-38-35-32-29-26-23-20-17-14-11-8-5-2/h7-8,10-11,16-21,25-29,31,33-35,38-39,42,60H,4-6,9,12-15,22-24,30,32,36-37,40-41,43-59H2,1-3H3/b10-7-,11-8-,19-16-,20-17-,21-18-,28-25-,29-26-,33-31-,34-27-,38-35-,42-39-/t60-/m0/s1. The number of ether oxygens (including phenoxy) is 3. The molecule has 69 heavy (non-hydrogen) atoms. The van der Waals surface area contributed by atoms with Gasteiger partial charge in [-0.1, -0.05) is 206 Å². The van der Waals surface area contributed by atoms with Crippen molar-refractivity contribution in [1.82, 2.24) is 0 Å². The van der Waals surface area contributed by atoms with E-state index in [4.69, 9.17) is 14.2 Å². The third kappa shape index (κ3) is 54.4.